The Labute approximate surface area is 123 Å². The van der Waals surface area contributed by atoms with Crippen molar-refractivity contribution in [3.63, 3.8) is 0 Å². The van der Waals surface area contributed by atoms with Gasteiger partial charge in [0.25, 0.3) is 0 Å². The molecular formula is C17H19F2NO. The third-order valence-electron chi connectivity index (χ3n) is 3.25. The van der Waals surface area contributed by atoms with Gasteiger partial charge in [0.1, 0.15) is 12.4 Å². The molecule has 21 heavy (non-hydrogen) atoms. The van der Waals surface area contributed by atoms with Gasteiger partial charge in [0.15, 0.2) is 11.6 Å². The summed E-state index contributed by atoms with van der Waals surface area (Å²) in [5.41, 5.74) is 1.42. The van der Waals surface area contributed by atoms with E-state index in [4.69, 9.17) is 4.74 Å². The summed E-state index contributed by atoms with van der Waals surface area (Å²) in [5, 5.41) is 3.12. The monoisotopic (exact) mass is 291 g/mol. The number of hydrogen-bond donors (Lipinski definition) is 1. The molecule has 112 valence electrons. The average Bonchev–Trinajstić information content (AvgIpc) is 2.48. The van der Waals surface area contributed by atoms with Crippen molar-refractivity contribution in [2.75, 3.05) is 13.2 Å². The van der Waals surface area contributed by atoms with E-state index in [1.807, 2.05) is 38.1 Å². The highest BCUT2D eigenvalue weighted by molar-refractivity contribution is 5.27. The molecule has 0 aliphatic rings. The zero-order chi connectivity index (χ0) is 15.2. The molecule has 0 radical (unpaired) electrons. The summed E-state index contributed by atoms with van der Waals surface area (Å²) in [6.45, 7) is 4.78. The molecule has 1 N–H and O–H groups in total. The Morgan fingerprint density at radius 2 is 1.81 bits per heavy atom. The van der Waals surface area contributed by atoms with E-state index in [-0.39, 0.29) is 12.2 Å². The maximum Gasteiger partial charge on any atom is 0.163 e. The van der Waals surface area contributed by atoms with E-state index in [1.165, 1.54) is 6.07 Å². The van der Waals surface area contributed by atoms with Gasteiger partial charge in [0.05, 0.1) is 6.04 Å². The van der Waals surface area contributed by atoms with Crippen molar-refractivity contribution in [1.29, 1.82) is 0 Å². The predicted molar refractivity (Wildman–Crippen MR) is 79.4 cm³/mol. The van der Waals surface area contributed by atoms with Crippen molar-refractivity contribution in [3.05, 3.63) is 65.2 Å². The first-order valence-electron chi connectivity index (χ1n) is 6.98. The Hall–Kier alpha value is -1.94. The number of halogens is 2. The van der Waals surface area contributed by atoms with Crippen LogP contribution in [0, 0.1) is 18.6 Å². The molecule has 0 aromatic heterocycles. The van der Waals surface area contributed by atoms with Gasteiger partial charge in [-0.1, -0.05) is 36.8 Å². The maximum absolute atomic E-state index is 13.9. The van der Waals surface area contributed by atoms with Crippen molar-refractivity contribution >= 4 is 0 Å². The van der Waals surface area contributed by atoms with Gasteiger partial charge in [-0.25, -0.2) is 8.78 Å². The van der Waals surface area contributed by atoms with E-state index < -0.39 is 17.7 Å². The molecule has 0 amide bonds. The van der Waals surface area contributed by atoms with Gasteiger partial charge in [0.2, 0.25) is 0 Å². The van der Waals surface area contributed by atoms with Crippen LogP contribution in [0.5, 0.6) is 5.75 Å². The summed E-state index contributed by atoms with van der Waals surface area (Å²) in [4.78, 5) is 0. The van der Waals surface area contributed by atoms with Crippen LogP contribution in [-0.2, 0) is 0 Å². The standard InChI is InChI=1S/C17H19F2NO/c1-3-20-16(14-5-4-6-15(18)17(14)19)11-21-13-9-7-12(2)8-10-13/h4-10,16,20H,3,11H2,1-2H3. The third-order valence-corrected chi connectivity index (χ3v) is 3.25. The summed E-state index contributed by atoms with van der Waals surface area (Å²) in [5.74, 6) is -0.956. The van der Waals surface area contributed by atoms with Gasteiger partial charge in [0, 0.05) is 5.56 Å². The van der Waals surface area contributed by atoms with E-state index in [9.17, 15) is 8.78 Å². The molecule has 2 nitrogen and oxygen atoms in total. The van der Waals surface area contributed by atoms with E-state index in [0.29, 0.717) is 12.3 Å². The van der Waals surface area contributed by atoms with Crippen LogP contribution in [0.2, 0.25) is 0 Å². The lowest BCUT2D eigenvalue weighted by Gasteiger charge is -2.19. The van der Waals surface area contributed by atoms with Crippen LogP contribution in [0.3, 0.4) is 0 Å². The molecule has 1 atom stereocenters. The van der Waals surface area contributed by atoms with Crippen molar-refractivity contribution in [2.24, 2.45) is 0 Å². The normalized spacial score (nSPS) is 12.2. The minimum atomic E-state index is -0.842. The van der Waals surface area contributed by atoms with Crippen molar-refractivity contribution in [2.45, 2.75) is 19.9 Å². The van der Waals surface area contributed by atoms with Crippen LogP contribution in [0.25, 0.3) is 0 Å². The lowest BCUT2D eigenvalue weighted by atomic mass is 10.1. The summed E-state index contributed by atoms with van der Waals surface area (Å²) >= 11 is 0. The second-order valence-corrected chi connectivity index (χ2v) is 4.88. The Balaban J connectivity index is 2.12. The lowest BCUT2D eigenvalue weighted by molar-refractivity contribution is 0.263. The molecule has 0 saturated heterocycles. The smallest absolute Gasteiger partial charge is 0.163 e. The number of rotatable bonds is 6. The second-order valence-electron chi connectivity index (χ2n) is 4.88. The van der Waals surface area contributed by atoms with Crippen LogP contribution in [0.1, 0.15) is 24.1 Å². The molecule has 0 spiro atoms. The molecule has 2 rings (SSSR count). The predicted octanol–water partition coefficient (Wildman–Crippen LogP) is 4.00. The highest BCUT2D eigenvalue weighted by atomic mass is 19.2. The first kappa shape index (κ1) is 15.4. The minimum Gasteiger partial charge on any atom is -0.492 e. The maximum atomic E-state index is 13.9. The van der Waals surface area contributed by atoms with Crippen LogP contribution in [0.15, 0.2) is 42.5 Å². The topological polar surface area (TPSA) is 21.3 Å². The van der Waals surface area contributed by atoms with E-state index in [2.05, 4.69) is 5.32 Å². The molecule has 0 aliphatic heterocycles. The van der Waals surface area contributed by atoms with E-state index in [1.54, 1.807) is 6.07 Å². The first-order valence-corrected chi connectivity index (χ1v) is 6.98. The summed E-state index contributed by atoms with van der Waals surface area (Å²) in [7, 11) is 0. The Morgan fingerprint density at radius 1 is 1.10 bits per heavy atom. The number of likely N-dealkylation sites (N-methyl/N-ethyl adjacent to an activating group) is 1. The average molecular weight is 291 g/mol. The summed E-state index contributed by atoms with van der Waals surface area (Å²) < 4.78 is 32.9. The Morgan fingerprint density at radius 3 is 2.48 bits per heavy atom. The van der Waals surface area contributed by atoms with Gasteiger partial charge in [-0.3, -0.25) is 0 Å². The zero-order valence-corrected chi connectivity index (χ0v) is 12.2. The second kappa shape index (κ2) is 7.18. The summed E-state index contributed by atoms with van der Waals surface area (Å²) in [6, 6.07) is 11.4. The quantitative estimate of drug-likeness (QED) is 0.868. The molecule has 4 heteroatoms. The number of ether oxygens (including phenoxy) is 1. The minimum absolute atomic E-state index is 0.233. The molecule has 0 bridgehead atoms. The lowest BCUT2D eigenvalue weighted by Crippen LogP contribution is -2.27. The Bertz CT molecular complexity index is 584. The van der Waals surface area contributed by atoms with Gasteiger partial charge in [-0.2, -0.15) is 0 Å². The molecule has 2 aromatic carbocycles. The van der Waals surface area contributed by atoms with Gasteiger partial charge in [-0.05, 0) is 31.7 Å². The molecule has 1 unspecified atom stereocenters. The van der Waals surface area contributed by atoms with Crippen LogP contribution >= 0.6 is 0 Å². The highest BCUT2D eigenvalue weighted by Gasteiger charge is 2.18. The van der Waals surface area contributed by atoms with Crippen LogP contribution < -0.4 is 10.1 Å². The zero-order valence-electron chi connectivity index (χ0n) is 12.2. The van der Waals surface area contributed by atoms with E-state index >= 15 is 0 Å². The largest absolute Gasteiger partial charge is 0.492 e. The molecule has 0 heterocycles. The van der Waals surface area contributed by atoms with Crippen LogP contribution in [-0.4, -0.2) is 13.2 Å². The number of hydrogen-bond acceptors (Lipinski definition) is 2. The van der Waals surface area contributed by atoms with Crippen LogP contribution in [0.4, 0.5) is 8.78 Å². The van der Waals surface area contributed by atoms with Gasteiger partial charge >= 0.3 is 0 Å². The number of benzene rings is 2. The molecular weight excluding hydrogens is 272 g/mol. The fourth-order valence-electron chi connectivity index (χ4n) is 2.11. The molecule has 2 aromatic rings. The van der Waals surface area contributed by atoms with Crippen molar-refractivity contribution in [1.82, 2.24) is 5.32 Å². The number of aryl methyl sites for hydroxylation is 1. The fourth-order valence-corrected chi connectivity index (χ4v) is 2.11. The van der Waals surface area contributed by atoms with Gasteiger partial charge < -0.3 is 10.1 Å². The van der Waals surface area contributed by atoms with Crippen molar-refractivity contribution in [3.8, 4) is 5.75 Å². The molecule has 0 saturated carbocycles. The fraction of sp³-hybridized carbons (Fsp3) is 0.294. The molecule has 0 aliphatic carbocycles. The SMILES string of the molecule is CCNC(COc1ccc(C)cc1)c1cccc(F)c1F. The van der Waals surface area contributed by atoms with E-state index in [0.717, 1.165) is 11.6 Å². The first-order chi connectivity index (χ1) is 10.1. The highest BCUT2D eigenvalue weighted by Crippen LogP contribution is 2.21. The van der Waals surface area contributed by atoms with Crippen molar-refractivity contribution < 1.29 is 13.5 Å². The number of nitrogens with one attached hydrogen (secondary N) is 1. The Kier molecular flexibility index (Phi) is 5.28. The molecule has 0 fully saturated rings. The summed E-state index contributed by atoms with van der Waals surface area (Å²) in [6.07, 6.45) is 0. The third kappa shape index (κ3) is 4.02. The van der Waals surface area contributed by atoms with Gasteiger partial charge in [-0.15, -0.1) is 0 Å².